The van der Waals surface area contributed by atoms with E-state index in [0.29, 0.717) is 0 Å². The summed E-state index contributed by atoms with van der Waals surface area (Å²) in [4.78, 5) is 0. The average molecular weight is 339 g/mol. The molecule has 53 valence electrons. The molecule has 0 atom stereocenters. The number of hydrogen-bond donors (Lipinski definition) is 0. The zero-order valence-electron chi connectivity index (χ0n) is 6.01. The molecule has 1 radical (unpaired) electrons. The maximum absolute atomic E-state index is 3.02. The van der Waals surface area contributed by atoms with Gasteiger partial charge in [0.2, 0.25) is 0 Å². The molecule has 0 amide bonds. The molecule has 0 fully saturated rings. The van der Waals surface area contributed by atoms with Gasteiger partial charge in [0.1, 0.15) is 0 Å². The van der Waals surface area contributed by atoms with E-state index < -0.39 is 0 Å². The summed E-state index contributed by atoms with van der Waals surface area (Å²) in [6.45, 7) is 4.06. The monoisotopic (exact) mass is 339 g/mol. The molecule has 1 rings (SSSR count). The summed E-state index contributed by atoms with van der Waals surface area (Å²) < 4.78 is 0. The largest absolute Gasteiger partial charge is 0.356 e. The number of benzene rings is 1. The minimum absolute atomic E-state index is 0. The Hall–Kier alpha value is 0.493. The van der Waals surface area contributed by atoms with Crippen LogP contribution in [0.4, 0.5) is 0 Å². The topological polar surface area (TPSA) is 0 Å². The second kappa shape index (κ2) is 6.22. The molecule has 0 aliphatic carbocycles. The number of hydrogen-bond acceptors (Lipinski definition) is 0. The molecule has 2 heteroatoms. The summed E-state index contributed by atoms with van der Waals surface area (Å²) in [7, 11) is 0. The van der Waals surface area contributed by atoms with E-state index in [9.17, 15) is 0 Å². The van der Waals surface area contributed by atoms with Crippen molar-refractivity contribution in [2.75, 3.05) is 0 Å². The van der Waals surface area contributed by atoms with Crippen LogP contribution in [0.1, 0.15) is 11.1 Å². The van der Waals surface area contributed by atoms with Crippen LogP contribution in [0.25, 0.3) is 0 Å². The van der Waals surface area contributed by atoms with Crippen molar-refractivity contribution < 1.29 is 39.6 Å². The SMILES string of the molecule is Cc1[c-]c[c-]c(C)c1.[V].[W]. The molecule has 0 saturated carbocycles. The summed E-state index contributed by atoms with van der Waals surface area (Å²) in [5.74, 6) is 0. The minimum atomic E-state index is 0. The molecule has 0 heterocycles. The zero-order valence-corrected chi connectivity index (χ0v) is 10.3. The van der Waals surface area contributed by atoms with Gasteiger partial charge in [0, 0.05) is 39.6 Å². The van der Waals surface area contributed by atoms with Crippen molar-refractivity contribution in [2.45, 2.75) is 13.8 Å². The van der Waals surface area contributed by atoms with Crippen LogP contribution in [-0.4, -0.2) is 0 Å². The first-order chi connectivity index (χ1) is 3.79. The first kappa shape index (κ1) is 13.1. The molecule has 0 aliphatic heterocycles. The fourth-order valence-corrected chi connectivity index (χ4v) is 0.672. The van der Waals surface area contributed by atoms with Crippen LogP contribution in [0, 0.1) is 26.0 Å². The van der Waals surface area contributed by atoms with Gasteiger partial charge in [-0.1, -0.05) is 13.8 Å². The van der Waals surface area contributed by atoms with Crippen molar-refractivity contribution in [3.63, 3.8) is 0 Å². The van der Waals surface area contributed by atoms with Crippen LogP contribution < -0.4 is 0 Å². The van der Waals surface area contributed by atoms with Gasteiger partial charge in [-0.2, -0.15) is 0 Å². The molecule has 0 N–H and O–H groups in total. The van der Waals surface area contributed by atoms with Gasteiger partial charge in [-0.15, -0.1) is 0 Å². The minimum Gasteiger partial charge on any atom is -0.356 e. The summed E-state index contributed by atoms with van der Waals surface area (Å²) in [5.41, 5.74) is 2.36. The summed E-state index contributed by atoms with van der Waals surface area (Å²) in [5, 5.41) is 0. The molecular weight excluding hydrogens is 331 g/mol. The predicted molar refractivity (Wildman–Crippen MR) is 33.6 cm³/mol. The van der Waals surface area contributed by atoms with Gasteiger partial charge < -0.3 is 18.2 Å². The smallest absolute Gasteiger partial charge is 0 e. The van der Waals surface area contributed by atoms with E-state index in [-0.39, 0.29) is 39.6 Å². The van der Waals surface area contributed by atoms with Gasteiger partial charge in [0.05, 0.1) is 0 Å². The molecule has 0 unspecified atom stereocenters. The number of rotatable bonds is 0. The summed E-state index contributed by atoms with van der Waals surface area (Å²) in [6, 6.07) is 9.91. The fourth-order valence-electron chi connectivity index (χ4n) is 0.672. The summed E-state index contributed by atoms with van der Waals surface area (Å²) >= 11 is 0. The van der Waals surface area contributed by atoms with E-state index in [1.54, 1.807) is 0 Å². The van der Waals surface area contributed by atoms with Crippen LogP contribution in [0.15, 0.2) is 12.1 Å². The maximum atomic E-state index is 3.02. The molecule has 1 aromatic carbocycles. The van der Waals surface area contributed by atoms with E-state index in [1.165, 1.54) is 11.1 Å². The van der Waals surface area contributed by atoms with Crippen LogP contribution in [0.5, 0.6) is 0 Å². The molecule has 0 aromatic heterocycles. The Labute approximate surface area is 88.6 Å². The van der Waals surface area contributed by atoms with Crippen LogP contribution in [-0.2, 0) is 39.6 Å². The molecule has 0 spiro atoms. The summed E-state index contributed by atoms with van der Waals surface area (Å²) in [6.07, 6.45) is 0. The van der Waals surface area contributed by atoms with Crippen molar-refractivity contribution in [1.29, 1.82) is 0 Å². The fraction of sp³-hybridized carbons (Fsp3) is 0.250. The Morgan fingerprint density at radius 1 is 1.10 bits per heavy atom. The van der Waals surface area contributed by atoms with E-state index >= 15 is 0 Å². The second-order valence-corrected chi connectivity index (χ2v) is 1.94. The van der Waals surface area contributed by atoms with E-state index in [1.807, 2.05) is 19.9 Å². The number of aryl methyl sites for hydroxylation is 2. The Morgan fingerprint density at radius 3 is 1.70 bits per heavy atom. The first-order valence-electron chi connectivity index (χ1n) is 2.65. The Morgan fingerprint density at radius 2 is 1.50 bits per heavy atom. The molecule has 1 aromatic rings. The Kier molecular flexibility index (Phi) is 8.15. The molecular formula is C8H8VW-2. The van der Waals surface area contributed by atoms with Crippen LogP contribution >= 0.6 is 0 Å². The van der Waals surface area contributed by atoms with Gasteiger partial charge in [0.15, 0.2) is 0 Å². The van der Waals surface area contributed by atoms with Crippen LogP contribution in [0.2, 0.25) is 0 Å². The van der Waals surface area contributed by atoms with E-state index in [2.05, 4.69) is 18.2 Å². The standard InChI is InChI=1S/C8H8.V.W/c1-7-4-3-5-8(2)6-7;;/h3,6H,1-2H3;;/q-2;;. The quantitative estimate of drug-likeness (QED) is 0.634. The van der Waals surface area contributed by atoms with Gasteiger partial charge in [-0.3, -0.25) is 17.2 Å². The maximum Gasteiger partial charge on any atom is 0 e. The second-order valence-electron chi connectivity index (χ2n) is 1.94. The van der Waals surface area contributed by atoms with E-state index in [4.69, 9.17) is 0 Å². The Bertz CT molecular complexity index is 169. The van der Waals surface area contributed by atoms with Crippen molar-refractivity contribution >= 4 is 0 Å². The normalized spacial score (nSPS) is 7.40. The van der Waals surface area contributed by atoms with Crippen molar-refractivity contribution in [3.05, 3.63) is 35.4 Å². The third-order valence-electron chi connectivity index (χ3n) is 1.03. The first-order valence-corrected chi connectivity index (χ1v) is 2.65. The predicted octanol–water partition coefficient (Wildman–Crippen LogP) is 1.90. The Balaban J connectivity index is 0. The molecule has 0 saturated heterocycles. The third kappa shape index (κ3) is 4.33. The van der Waals surface area contributed by atoms with Gasteiger partial charge in [-0.25, -0.2) is 0 Å². The van der Waals surface area contributed by atoms with Crippen LogP contribution in [0.3, 0.4) is 0 Å². The average Bonchev–Trinajstić information content (AvgIpc) is 1.64. The van der Waals surface area contributed by atoms with Crippen molar-refractivity contribution in [2.24, 2.45) is 0 Å². The molecule has 0 bridgehead atoms. The molecule has 0 nitrogen and oxygen atoms in total. The third-order valence-corrected chi connectivity index (χ3v) is 1.03. The molecule has 0 aliphatic rings. The molecule has 10 heavy (non-hydrogen) atoms. The van der Waals surface area contributed by atoms with Gasteiger partial charge in [0.25, 0.3) is 0 Å². The zero-order chi connectivity index (χ0) is 5.98. The van der Waals surface area contributed by atoms with Crippen molar-refractivity contribution in [1.82, 2.24) is 0 Å². The van der Waals surface area contributed by atoms with E-state index in [0.717, 1.165) is 0 Å². The van der Waals surface area contributed by atoms with Gasteiger partial charge in [-0.05, 0) is 0 Å². The van der Waals surface area contributed by atoms with Crippen molar-refractivity contribution in [3.8, 4) is 0 Å². The van der Waals surface area contributed by atoms with Gasteiger partial charge >= 0.3 is 0 Å².